The predicted molar refractivity (Wildman–Crippen MR) is 78.6 cm³/mol. The van der Waals surface area contributed by atoms with Crippen LogP contribution in [0.5, 0.6) is 0 Å². The molecular formula is C16H30N2O. The molecule has 0 saturated heterocycles. The zero-order valence-electron chi connectivity index (χ0n) is 12.7. The van der Waals surface area contributed by atoms with Crippen molar-refractivity contribution in [3.63, 3.8) is 0 Å². The summed E-state index contributed by atoms with van der Waals surface area (Å²) in [6.45, 7) is 7.61. The van der Waals surface area contributed by atoms with Gasteiger partial charge in [-0.15, -0.1) is 0 Å². The number of hydrogen-bond donors (Lipinski definition) is 2. The van der Waals surface area contributed by atoms with Gasteiger partial charge in [0.15, 0.2) is 0 Å². The first-order valence-electron chi connectivity index (χ1n) is 7.91. The molecule has 1 amide bonds. The highest BCUT2D eigenvalue weighted by molar-refractivity contribution is 5.78. The number of hydrogen-bond acceptors (Lipinski definition) is 2. The topological polar surface area (TPSA) is 55.1 Å². The van der Waals surface area contributed by atoms with Gasteiger partial charge in [0.05, 0.1) is 0 Å². The Kier molecular flexibility index (Phi) is 4.54. The van der Waals surface area contributed by atoms with Crippen LogP contribution in [0.4, 0.5) is 0 Å². The van der Waals surface area contributed by atoms with E-state index >= 15 is 0 Å². The molecule has 0 aromatic heterocycles. The van der Waals surface area contributed by atoms with Gasteiger partial charge in [0.25, 0.3) is 0 Å². The third-order valence-electron chi connectivity index (χ3n) is 5.06. The van der Waals surface area contributed by atoms with E-state index in [1.165, 1.54) is 25.7 Å². The third-order valence-corrected chi connectivity index (χ3v) is 5.06. The van der Waals surface area contributed by atoms with Crippen molar-refractivity contribution in [3.05, 3.63) is 0 Å². The van der Waals surface area contributed by atoms with Crippen LogP contribution in [0.25, 0.3) is 0 Å². The van der Waals surface area contributed by atoms with E-state index < -0.39 is 0 Å². The molecule has 19 heavy (non-hydrogen) atoms. The molecule has 3 heteroatoms. The van der Waals surface area contributed by atoms with E-state index in [1.807, 2.05) is 0 Å². The highest BCUT2D eigenvalue weighted by atomic mass is 16.1. The second-order valence-corrected chi connectivity index (χ2v) is 7.66. The highest BCUT2D eigenvalue weighted by Crippen LogP contribution is 2.39. The van der Waals surface area contributed by atoms with Gasteiger partial charge in [-0.3, -0.25) is 4.79 Å². The minimum absolute atomic E-state index is 0.176. The van der Waals surface area contributed by atoms with Crippen LogP contribution in [0.2, 0.25) is 0 Å². The molecule has 3 nitrogen and oxygen atoms in total. The fraction of sp³-hybridized carbons (Fsp3) is 0.938. The summed E-state index contributed by atoms with van der Waals surface area (Å²) < 4.78 is 0. The van der Waals surface area contributed by atoms with Crippen LogP contribution in [0, 0.1) is 23.2 Å². The van der Waals surface area contributed by atoms with Gasteiger partial charge >= 0.3 is 0 Å². The van der Waals surface area contributed by atoms with Gasteiger partial charge in [-0.1, -0.05) is 20.8 Å². The molecular weight excluding hydrogens is 236 g/mol. The van der Waals surface area contributed by atoms with Crippen LogP contribution in [0.1, 0.15) is 59.3 Å². The summed E-state index contributed by atoms with van der Waals surface area (Å²) in [5, 5.41) is 3.06. The maximum atomic E-state index is 12.1. The monoisotopic (exact) mass is 266 g/mol. The number of rotatable bonds is 4. The Balaban J connectivity index is 1.70. The molecule has 0 radical (unpaired) electrons. The van der Waals surface area contributed by atoms with Crippen LogP contribution < -0.4 is 11.1 Å². The molecule has 2 aliphatic rings. The molecule has 0 aromatic rings. The van der Waals surface area contributed by atoms with Crippen molar-refractivity contribution in [2.75, 3.05) is 6.54 Å². The van der Waals surface area contributed by atoms with Crippen molar-refractivity contribution in [1.82, 2.24) is 5.32 Å². The van der Waals surface area contributed by atoms with Crippen LogP contribution in [-0.4, -0.2) is 18.5 Å². The maximum Gasteiger partial charge on any atom is 0.223 e. The van der Waals surface area contributed by atoms with E-state index in [-0.39, 0.29) is 17.9 Å². The quantitative estimate of drug-likeness (QED) is 0.822. The molecule has 0 spiro atoms. The lowest BCUT2D eigenvalue weighted by Gasteiger charge is -2.36. The van der Waals surface area contributed by atoms with Crippen molar-refractivity contribution in [2.24, 2.45) is 28.9 Å². The molecule has 2 fully saturated rings. The summed E-state index contributed by atoms with van der Waals surface area (Å²) in [5.41, 5.74) is 6.41. The van der Waals surface area contributed by atoms with E-state index in [2.05, 4.69) is 26.1 Å². The van der Waals surface area contributed by atoms with Crippen LogP contribution in [0.15, 0.2) is 0 Å². The molecule has 1 unspecified atom stereocenters. The van der Waals surface area contributed by atoms with E-state index in [0.717, 1.165) is 18.8 Å². The largest absolute Gasteiger partial charge is 0.354 e. The number of carbonyl (C=O) groups excluding carboxylic acids is 1. The summed E-state index contributed by atoms with van der Waals surface area (Å²) in [4.78, 5) is 12.1. The predicted octanol–water partition coefficient (Wildman–Crippen LogP) is 2.69. The van der Waals surface area contributed by atoms with Crippen LogP contribution in [-0.2, 0) is 4.79 Å². The molecule has 2 rings (SSSR count). The van der Waals surface area contributed by atoms with E-state index in [4.69, 9.17) is 5.73 Å². The summed E-state index contributed by atoms with van der Waals surface area (Å²) in [6, 6.07) is 0.176. The summed E-state index contributed by atoms with van der Waals surface area (Å²) >= 11 is 0. The van der Waals surface area contributed by atoms with Crippen molar-refractivity contribution in [2.45, 2.75) is 65.3 Å². The van der Waals surface area contributed by atoms with Gasteiger partial charge in [-0.2, -0.15) is 0 Å². The molecule has 2 aliphatic carbocycles. The number of nitrogens with two attached hydrogens (primary N) is 1. The lowest BCUT2D eigenvalue weighted by molar-refractivity contribution is -0.126. The molecule has 1 atom stereocenters. The van der Waals surface area contributed by atoms with Crippen molar-refractivity contribution >= 4 is 5.91 Å². The second-order valence-electron chi connectivity index (χ2n) is 7.66. The first-order chi connectivity index (χ1) is 8.88. The molecule has 0 heterocycles. The fourth-order valence-electron chi connectivity index (χ4n) is 3.28. The number of carbonyl (C=O) groups is 1. The molecule has 0 bridgehead atoms. The number of nitrogens with one attached hydrogen (secondary N) is 1. The number of amides is 1. The Morgan fingerprint density at radius 3 is 2.21 bits per heavy atom. The second kappa shape index (κ2) is 5.82. The minimum atomic E-state index is 0.176. The molecule has 2 saturated carbocycles. The minimum Gasteiger partial charge on any atom is -0.354 e. The van der Waals surface area contributed by atoms with Gasteiger partial charge < -0.3 is 11.1 Å². The Morgan fingerprint density at radius 1 is 1.16 bits per heavy atom. The normalized spacial score (nSPS) is 29.9. The smallest absolute Gasteiger partial charge is 0.223 e. The van der Waals surface area contributed by atoms with Crippen molar-refractivity contribution in [3.8, 4) is 0 Å². The summed E-state index contributed by atoms with van der Waals surface area (Å²) in [5.74, 6) is 1.90. The van der Waals surface area contributed by atoms with E-state index in [9.17, 15) is 4.79 Å². The fourth-order valence-corrected chi connectivity index (χ4v) is 3.28. The van der Waals surface area contributed by atoms with Gasteiger partial charge in [0.2, 0.25) is 5.91 Å². The van der Waals surface area contributed by atoms with Gasteiger partial charge in [-0.05, 0) is 55.8 Å². The zero-order valence-corrected chi connectivity index (χ0v) is 12.7. The SMILES string of the molecule is CC(C)(C)C1CCC(C(=O)NCC(N)C2CC2)CC1. The molecule has 0 aromatic carbocycles. The highest BCUT2D eigenvalue weighted by Gasteiger charge is 2.33. The Hall–Kier alpha value is -0.570. The van der Waals surface area contributed by atoms with Crippen LogP contribution in [0.3, 0.4) is 0 Å². The summed E-state index contributed by atoms with van der Waals surface area (Å²) in [6.07, 6.45) is 6.97. The average Bonchev–Trinajstić information content (AvgIpc) is 3.19. The van der Waals surface area contributed by atoms with E-state index in [1.54, 1.807) is 0 Å². The molecule has 110 valence electrons. The lowest BCUT2D eigenvalue weighted by Crippen LogP contribution is -2.42. The lowest BCUT2D eigenvalue weighted by atomic mass is 9.69. The maximum absolute atomic E-state index is 12.1. The van der Waals surface area contributed by atoms with E-state index in [0.29, 0.717) is 17.9 Å². The van der Waals surface area contributed by atoms with Gasteiger partial charge in [0, 0.05) is 18.5 Å². The van der Waals surface area contributed by atoms with Crippen molar-refractivity contribution in [1.29, 1.82) is 0 Å². The zero-order chi connectivity index (χ0) is 14.0. The standard InChI is InChI=1S/C16H30N2O/c1-16(2,3)13-8-6-12(7-9-13)15(19)18-10-14(17)11-4-5-11/h11-14H,4-10,17H2,1-3H3,(H,18,19). The Labute approximate surface area is 117 Å². The molecule has 0 aliphatic heterocycles. The first kappa shape index (κ1) is 14.8. The van der Waals surface area contributed by atoms with Crippen molar-refractivity contribution < 1.29 is 4.79 Å². The molecule has 3 N–H and O–H groups in total. The Morgan fingerprint density at radius 2 is 1.74 bits per heavy atom. The van der Waals surface area contributed by atoms with Gasteiger partial charge in [0.1, 0.15) is 0 Å². The third kappa shape index (κ3) is 4.20. The van der Waals surface area contributed by atoms with Gasteiger partial charge in [-0.25, -0.2) is 0 Å². The first-order valence-corrected chi connectivity index (χ1v) is 7.91. The van der Waals surface area contributed by atoms with Crippen LogP contribution >= 0.6 is 0 Å². The Bertz CT molecular complexity index is 309. The summed E-state index contributed by atoms with van der Waals surface area (Å²) in [7, 11) is 0. The average molecular weight is 266 g/mol.